The molecule has 1 unspecified atom stereocenters. The minimum Gasteiger partial charge on any atom is -0.480 e. The Balaban J connectivity index is 0.000000434. The van der Waals surface area contributed by atoms with Crippen molar-refractivity contribution >= 4 is 30.2 Å². The molecule has 4 N–H and O–H groups in total. The van der Waals surface area contributed by atoms with Gasteiger partial charge in [0.25, 0.3) is 0 Å². The quantitative estimate of drug-likeness (QED) is 0.170. The van der Waals surface area contributed by atoms with Gasteiger partial charge in [-0.25, -0.2) is 4.79 Å². The second-order valence-corrected chi connectivity index (χ2v) is 9.21. The number of ether oxygens (including phenoxy) is 1. The molecule has 2 rings (SSSR count). The van der Waals surface area contributed by atoms with E-state index < -0.39 is 77.3 Å². The van der Waals surface area contributed by atoms with Crippen molar-refractivity contribution in [1.82, 2.24) is 10.6 Å². The van der Waals surface area contributed by atoms with E-state index in [0.29, 0.717) is 18.2 Å². The van der Waals surface area contributed by atoms with Gasteiger partial charge < -0.3 is 30.4 Å². The van der Waals surface area contributed by atoms with Crippen molar-refractivity contribution in [3.05, 3.63) is 70.8 Å². The number of halogens is 6. The number of hydrogen-bond donors (Lipinski definition) is 4. The smallest absolute Gasteiger partial charge is 0.416 e. The largest absolute Gasteiger partial charge is 0.480 e. The molecule has 3 atom stereocenters. The Labute approximate surface area is 241 Å². The molecule has 0 bridgehead atoms. The van der Waals surface area contributed by atoms with Crippen LogP contribution in [0, 0.1) is 5.92 Å². The van der Waals surface area contributed by atoms with Crippen LogP contribution in [0.5, 0.6) is 0 Å². The number of hydrogen-bond acceptors (Lipinski definition) is 6. The molecule has 0 aliphatic rings. The van der Waals surface area contributed by atoms with Crippen LogP contribution in [0.1, 0.15) is 48.9 Å². The normalized spacial score (nSPS) is 13.4. The Bertz CT molecular complexity index is 1250. The molecule has 0 saturated carbocycles. The van der Waals surface area contributed by atoms with Crippen LogP contribution in [0.3, 0.4) is 0 Å². The molecular weight excluding hydrogens is 594 g/mol. The highest BCUT2D eigenvalue weighted by molar-refractivity contribution is 5.94. The first-order valence-corrected chi connectivity index (χ1v) is 12.3. The van der Waals surface area contributed by atoms with Gasteiger partial charge in [-0.2, -0.15) is 26.3 Å². The Hall–Kier alpha value is -4.63. The lowest BCUT2D eigenvalue weighted by atomic mass is 9.90. The van der Waals surface area contributed by atoms with E-state index in [1.165, 1.54) is 6.92 Å². The SMILES string of the molecule is CC(C)[C@H](NC(=O)OCc1ccccc1)C(=O)N[C@@H](C)C(=O)O.O=CC(C(=O)O)c1c(C(F)(F)F)cccc1C(F)(F)F. The predicted octanol–water partition coefficient (Wildman–Crippen LogP) is 4.62. The predicted molar refractivity (Wildman–Crippen MR) is 137 cm³/mol. The van der Waals surface area contributed by atoms with Crippen molar-refractivity contribution in [2.45, 2.75) is 57.7 Å². The number of carboxylic acid groups (broad SMARTS) is 2. The van der Waals surface area contributed by atoms with Gasteiger partial charge in [-0.1, -0.05) is 50.2 Å². The number of aliphatic carboxylic acids is 2. The van der Waals surface area contributed by atoms with E-state index in [-0.39, 0.29) is 12.5 Å². The highest BCUT2D eigenvalue weighted by atomic mass is 19.4. The molecule has 0 aliphatic heterocycles. The number of carbonyl (C=O) groups excluding carboxylic acids is 3. The molecule has 0 radical (unpaired) electrons. The van der Waals surface area contributed by atoms with Gasteiger partial charge in [-0.3, -0.25) is 14.4 Å². The summed E-state index contributed by atoms with van der Waals surface area (Å²) in [6, 6.07) is 8.32. The summed E-state index contributed by atoms with van der Waals surface area (Å²) in [5, 5.41) is 22.3. The van der Waals surface area contributed by atoms with Crippen molar-refractivity contribution in [2.24, 2.45) is 5.92 Å². The third-order valence-electron chi connectivity index (χ3n) is 5.59. The summed E-state index contributed by atoms with van der Waals surface area (Å²) in [5.74, 6) is -6.58. The summed E-state index contributed by atoms with van der Waals surface area (Å²) >= 11 is 0. The molecule has 0 saturated heterocycles. The summed E-state index contributed by atoms with van der Waals surface area (Å²) in [6.45, 7) is 4.93. The molecule has 10 nitrogen and oxygen atoms in total. The molecule has 2 aromatic carbocycles. The Kier molecular flexibility index (Phi) is 13.2. The first-order chi connectivity index (χ1) is 19.8. The Morgan fingerprint density at radius 2 is 1.33 bits per heavy atom. The maximum absolute atomic E-state index is 12.7. The van der Waals surface area contributed by atoms with E-state index >= 15 is 0 Å². The van der Waals surface area contributed by atoms with Crippen LogP contribution < -0.4 is 10.6 Å². The number of nitrogens with one attached hydrogen (secondary N) is 2. The molecule has 0 spiro atoms. The van der Waals surface area contributed by atoms with E-state index in [9.17, 15) is 50.3 Å². The van der Waals surface area contributed by atoms with Gasteiger partial charge in [0.1, 0.15) is 30.9 Å². The maximum Gasteiger partial charge on any atom is 0.416 e. The van der Waals surface area contributed by atoms with E-state index in [1.54, 1.807) is 13.8 Å². The molecule has 236 valence electrons. The van der Waals surface area contributed by atoms with E-state index in [2.05, 4.69) is 10.6 Å². The molecule has 0 aliphatic carbocycles. The zero-order valence-electron chi connectivity index (χ0n) is 22.8. The number of carboxylic acids is 2. The van der Waals surface area contributed by atoms with Gasteiger partial charge in [0.15, 0.2) is 0 Å². The Morgan fingerprint density at radius 3 is 1.72 bits per heavy atom. The van der Waals surface area contributed by atoms with Gasteiger partial charge in [0.05, 0.1) is 11.1 Å². The molecule has 2 aromatic rings. The molecule has 0 fully saturated rings. The lowest BCUT2D eigenvalue weighted by Crippen LogP contribution is -2.53. The number of alkyl halides is 6. The topological polar surface area (TPSA) is 159 Å². The summed E-state index contributed by atoms with van der Waals surface area (Å²) in [5.41, 5.74) is -4.37. The van der Waals surface area contributed by atoms with E-state index in [1.807, 2.05) is 30.3 Å². The monoisotopic (exact) mass is 622 g/mol. The summed E-state index contributed by atoms with van der Waals surface area (Å²) < 4.78 is 81.3. The van der Waals surface area contributed by atoms with Crippen molar-refractivity contribution in [2.75, 3.05) is 0 Å². The standard InChI is InChI=1S/C16H22N2O5.C11H6F6O3/c1-10(2)13(14(19)17-11(3)15(20)21)18-16(22)23-9-12-7-5-4-6-8-12;12-10(13,14)6-2-1-3-7(11(15,16)17)8(6)5(4-18)9(19)20/h4-8,10-11,13H,9H2,1-3H3,(H,17,19)(H,18,22)(H,20,21);1-5H,(H,19,20)/t11-,13-;/m0./s1. The van der Waals surface area contributed by atoms with Crippen molar-refractivity contribution in [3.63, 3.8) is 0 Å². The third kappa shape index (κ3) is 11.3. The van der Waals surface area contributed by atoms with Crippen LogP contribution in [0.4, 0.5) is 31.1 Å². The fourth-order valence-corrected chi connectivity index (χ4v) is 3.44. The van der Waals surface area contributed by atoms with Crippen molar-refractivity contribution in [3.8, 4) is 0 Å². The van der Waals surface area contributed by atoms with Gasteiger partial charge in [-0.05, 0) is 36.1 Å². The van der Waals surface area contributed by atoms with Crippen LogP contribution >= 0.6 is 0 Å². The molecule has 43 heavy (non-hydrogen) atoms. The lowest BCUT2D eigenvalue weighted by molar-refractivity contribution is -0.147. The summed E-state index contributed by atoms with van der Waals surface area (Å²) in [7, 11) is 0. The minimum atomic E-state index is -5.21. The first kappa shape index (κ1) is 36.4. The molecule has 2 amide bonds. The lowest BCUT2D eigenvalue weighted by Gasteiger charge is -2.22. The average Bonchev–Trinajstić information content (AvgIpc) is 2.90. The molecular formula is C27H28F6N2O8. The minimum absolute atomic E-state index is 0.0879. The van der Waals surface area contributed by atoms with Crippen LogP contribution in [0.25, 0.3) is 0 Å². The molecule has 0 heterocycles. The number of amides is 2. The zero-order valence-corrected chi connectivity index (χ0v) is 22.8. The number of aldehydes is 1. The Morgan fingerprint density at radius 1 is 0.814 bits per heavy atom. The van der Waals surface area contributed by atoms with Gasteiger partial charge in [-0.15, -0.1) is 0 Å². The van der Waals surface area contributed by atoms with Crippen LogP contribution in [-0.4, -0.2) is 52.5 Å². The van der Waals surface area contributed by atoms with E-state index in [4.69, 9.17) is 14.9 Å². The molecule has 0 aromatic heterocycles. The second-order valence-electron chi connectivity index (χ2n) is 9.21. The van der Waals surface area contributed by atoms with Gasteiger partial charge in [0, 0.05) is 0 Å². The fourth-order valence-electron chi connectivity index (χ4n) is 3.44. The number of alkyl carbamates (subject to hydrolysis) is 1. The first-order valence-electron chi connectivity index (χ1n) is 12.3. The third-order valence-corrected chi connectivity index (χ3v) is 5.59. The van der Waals surface area contributed by atoms with E-state index in [0.717, 1.165) is 5.56 Å². The number of benzene rings is 2. The second kappa shape index (κ2) is 15.6. The van der Waals surface area contributed by atoms with Gasteiger partial charge >= 0.3 is 30.4 Å². The van der Waals surface area contributed by atoms with Crippen molar-refractivity contribution in [1.29, 1.82) is 0 Å². The highest BCUT2D eigenvalue weighted by Gasteiger charge is 2.44. The summed E-state index contributed by atoms with van der Waals surface area (Å²) in [6.07, 6.45) is -11.6. The van der Waals surface area contributed by atoms with Crippen LogP contribution in [0.15, 0.2) is 48.5 Å². The highest BCUT2D eigenvalue weighted by Crippen LogP contribution is 2.42. The number of carbonyl (C=O) groups is 5. The number of rotatable bonds is 10. The average molecular weight is 623 g/mol. The van der Waals surface area contributed by atoms with Gasteiger partial charge in [0.2, 0.25) is 5.91 Å². The van der Waals surface area contributed by atoms with Crippen LogP contribution in [0.2, 0.25) is 0 Å². The van der Waals surface area contributed by atoms with Crippen molar-refractivity contribution < 1.29 is 65.3 Å². The van der Waals surface area contributed by atoms with Crippen LogP contribution in [-0.2, 0) is 42.9 Å². The maximum atomic E-state index is 12.7. The molecule has 16 heteroatoms. The zero-order chi connectivity index (χ0) is 33.1. The fraction of sp³-hybridized carbons (Fsp3) is 0.370. The summed E-state index contributed by atoms with van der Waals surface area (Å²) in [4.78, 5) is 56.0.